The monoisotopic (exact) mass is 173 g/mol. The third-order valence-corrected chi connectivity index (χ3v) is 1.71. The van der Waals surface area contributed by atoms with Crippen LogP contribution in [-0.4, -0.2) is 10.1 Å². The lowest BCUT2D eigenvalue weighted by molar-refractivity contribution is 0.386. The summed E-state index contributed by atoms with van der Waals surface area (Å²) in [6.45, 7) is 3.67. The number of benzene rings is 1. The molecule has 2 aromatic rings. The molecule has 1 heterocycles. The third kappa shape index (κ3) is 1.59. The fourth-order valence-corrected chi connectivity index (χ4v) is 1.06. The van der Waals surface area contributed by atoms with Gasteiger partial charge in [-0.1, -0.05) is 35.5 Å². The van der Waals surface area contributed by atoms with E-state index in [4.69, 9.17) is 4.52 Å². The van der Waals surface area contributed by atoms with Crippen molar-refractivity contribution in [3.8, 4) is 11.4 Å². The number of hydrogen-bond donors (Lipinski definition) is 0. The van der Waals surface area contributed by atoms with E-state index in [1.165, 1.54) is 0 Å². The Kier molecular flexibility index (Phi) is 2.08. The molecule has 3 nitrogen and oxygen atoms in total. The first-order valence-corrected chi connectivity index (χ1v) is 4.07. The van der Waals surface area contributed by atoms with Crippen molar-refractivity contribution in [1.82, 2.24) is 10.1 Å². The summed E-state index contributed by atoms with van der Waals surface area (Å²) in [4.78, 5) is 4.16. The molecular weight excluding hydrogens is 164 g/mol. The van der Waals surface area contributed by atoms with Gasteiger partial charge in [0.25, 0.3) is 0 Å². The van der Waals surface area contributed by atoms with E-state index in [-0.39, 0.29) is 0 Å². The van der Waals surface area contributed by atoms with Crippen LogP contribution >= 0.6 is 0 Å². The molecule has 13 heavy (non-hydrogen) atoms. The van der Waals surface area contributed by atoms with Crippen LogP contribution in [0.15, 0.2) is 34.9 Å². The van der Waals surface area contributed by atoms with E-state index in [9.17, 15) is 0 Å². The average Bonchev–Trinajstić information content (AvgIpc) is 2.67. The summed E-state index contributed by atoms with van der Waals surface area (Å²) >= 11 is 0. The van der Waals surface area contributed by atoms with E-state index < -0.39 is 0 Å². The summed E-state index contributed by atoms with van der Waals surface area (Å²) in [5, 5.41) is 3.83. The normalized spacial score (nSPS) is 10.2. The van der Waals surface area contributed by atoms with E-state index in [0.717, 1.165) is 5.56 Å². The van der Waals surface area contributed by atoms with Crippen molar-refractivity contribution >= 4 is 0 Å². The maximum atomic E-state index is 4.94. The molecule has 0 atom stereocenters. The zero-order valence-corrected chi connectivity index (χ0v) is 7.10. The molecule has 0 saturated carbocycles. The minimum Gasteiger partial charge on any atom is -0.339 e. The van der Waals surface area contributed by atoms with E-state index >= 15 is 0 Å². The van der Waals surface area contributed by atoms with E-state index in [2.05, 4.69) is 17.1 Å². The SMILES string of the molecule is [CH2]Cc1nc(-c2ccccc2)no1. The van der Waals surface area contributed by atoms with Crippen molar-refractivity contribution in [2.75, 3.05) is 0 Å². The van der Waals surface area contributed by atoms with Crippen LogP contribution in [-0.2, 0) is 6.42 Å². The highest BCUT2D eigenvalue weighted by Crippen LogP contribution is 2.14. The van der Waals surface area contributed by atoms with Crippen LogP contribution in [0.1, 0.15) is 5.89 Å². The zero-order chi connectivity index (χ0) is 9.10. The van der Waals surface area contributed by atoms with Gasteiger partial charge in [0.15, 0.2) is 0 Å². The van der Waals surface area contributed by atoms with Crippen molar-refractivity contribution < 1.29 is 4.52 Å². The van der Waals surface area contributed by atoms with Crippen molar-refractivity contribution in [1.29, 1.82) is 0 Å². The topological polar surface area (TPSA) is 38.9 Å². The standard InChI is InChI=1S/C10H9N2O/c1-2-9-11-10(12-13-9)8-6-4-3-5-7-8/h3-7H,1-2H2. The van der Waals surface area contributed by atoms with Crippen molar-refractivity contribution in [3.63, 3.8) is 0 Å². The van der Waals surface area contributed by atoms with Gasteiger partial charge in [-0.3, -0.25) is 0 Å². The largest absolute Gasteiger partial charge is 0.339 e. The lowest BCUT2D eigenvalue weighted by atomic mass is 10.2. The van der Waals surface area contributed by atoms with Gasteiger partial charge in [0.1, 0.15) is 0 Å². The van der Waals surface area contributed by atoms with Crippen molar-refractivity contribution in [2.45, 2.75) is 6.42 Å². The molecule has 0 N–H and O–H groups in total. The molecular formula is C10H9N2O. The predicted octanol–water partition coefficient (Wildman–Crippen LogP) is 2.11. The first kappa shape index (κ1) is 7.98. The van der Waals surface area contributed by atoms with Crippen molar-refractivity contribution in [2.24, 2.45) is 0 Å². The molecule has 0 unspecified atom stereocenters. The van der Waals surface area contributed by atoms with Crippen LogP contribution in [0.25, 0.3) is 11.4 Å². The number of hydrogen-bond acceptors (Lipinski definition) is 3. The molecule has 0 saturated heterocycles. The Morgan fingerprint density at radius 3 is 2.62 bits per heavy atom. The van der Waals surface area contributed by atoms with Crippen LogP contribution < -0.4 is 0 Å². The lowest BCUT2D eigenvalue weighted by Gasteiger charge is -1.89. The smallest absolute Gasteiger partial charge is 0.226 e. The molecule has 0 amide bonds. The Morgan fingerprint density at radius 2 is 2.00 bits per heavy atom. The van der Waals surface area contributed by atoms with Gasteiger partial charge >= 0.3 is 0 Å². The van der Waals surface area contributed by atoms with Gasteiger partial charge in [0.05, 0.1) is 0 Å². The van der Waals surface area contributed by atoms with E-state index in [0.29, 0.717) is 18.1 Å². The van der Waals surface area contributed by atoms with Crippen LogP contribution in [0.5, 0.6) is 0 Å². The minimum atomic E-state index is 0.528. The summed E-state index contributed by atoms with van der Waals surface area (Å²) in [5.74, 6) is 1.19. The fraction of sp³-hybridized carbons (Fsp3) is 0.100. The molecule has 0 spiro atoms. The molecule has 1 aromatic carbocycles. The summed E-state index contributed by atoms with van der Waals surface area (Å²) < 4.78 is 4.94. The predicted molar refractivity (Wildman–Crippen MR) is 48.8 cm³/mol. The molecule has 0 aliphatic heterocycles. The molecule has 0 fully saturated rings. The Balaban J connectivity index is 2.36. The van der Waals surface area contributed by atoms with Gasteiger partial charge in [0, 0.05) is 12.0 Å². The number of rotatable bonds is 2. The zero-order valence-electron chi connectivity index (χ0n) is 7.10. The van der Waals surface area contributed by atoms with Gasteiger partial charge < -0.3 is 4.52 Å². The first-order valence-electron chi connectivity index (χ1n) is 4.07. The maximum absolute atomic E-state index is 4.94. The second-order valence-electron chi connectivity index (χ2n) is 2.63. The highest BCUT2D eigenvalue weighted by atomic mass is 16.5. The Hall–Kier alpha value is -1.64. The molecule has 1 radical (unpaired) electrons. The van der Waals surface area contributed by atoms with Crippen LogP contribution in [0.3, 0.4) is 0 Å². The summed E-state index contributed by atoms with van der Waals surface area (Å²) in [7, 11) is 0. The summed E-state index contributed by atoms with van der Waals surface area (Å²) in [6.07, 6.45) is 0.528. The molecule has 2 rings (SSSR count). The third-order valence-electron chi connectivity index (χ3n) is 1.71. The molecule has 1 aromatic heterocycles. The fourth-order valence-electron chi connectivity index (χ4n) is 1.06. The number of nitrogens with zero attached hydrogens (tertiary/aromatic N) is 2. The Morgan fingerprint density at radius 1 is 1.23 bits per heavy atom. The van der Waals surface area contributed by atoms with Gasteiger partial charge in [0.2, 0.25) is 11.7 Å². The van der Waals surface area contributed by atoms with E-state index in [1.807, 2.05) is 30.3 Å². The minimum absolute atomic E-state index is 0.528. The highest BCUT2D eigenvalue weighted by Gasteiger charge is 2.05. The molecule has 0 aliphatic rings. The average molecular weight is 173 g/mol. The number of aromatic nitrogens is 2. The summed E-state index contributed by atoms with van der Waals surface area (Å²) in [5.41, 5.74) is 0.964. The van der Waals surface area contributed by atoms with E-state index in [1.54, 1.807) is 0 Å². The van der Waals surface area contributed by atoms with Gasteiger partial charge in [-0.25, -0.2) is 0 Å². The molecule has 65 valence electrons. The summed E-state index contributed by atoms with van der Waals surface area (Å²) in [6, 6.07) is 9.71. The van der Waals surface area contributed by atoms with Crippen LogP contribution in [0.4, 0.5) is 0 Å². The lowest BCUT2D eigenvalue weighted by Crippen LogP contribution is -1.81. The Bertz CT molecular complexity index is 381. The van der Waals surface area contributed by atoms with Gasteiger partial charge in [-0.05, 0) is 6.92 Å². The molecule has 3 heteroatoms. The maximum Gasteiger partial charge on any atom is 0.226 e. The molecule has 0 bridgehead atoms. The van der Waals surface area contributed by atoms with Gasteiger partial charge in [-0.15, -0.1) is 0 Å². The second-order valence-corrected chi connectivity index (χ2v) is 2.63. The quantitative estimate of drug-likeness (QED) is 0.698. The first-order chi connectivity index (χ1) is 6.40. The molecule has 0 aliphatic carbocycles. The van der Waals surface area contributed by atoms with Crippen molar-refractivity contribution in [3.05, 3.63) is 43.1 Å². The van der Waals surface area contributed by atoms with Gasteiger partial charge in [-0.2, -0.15) is 4.98 Å². The van der Waals surface area contributed by atoms with Crippen LogP contribution in [0.2, 0.25) is 0 Å². The highest BCUT2D eigenvalue weighted by molar-refractivity contribution is 5.53. The van der Waals surface area contributed by atoms with Crippen LogP contribution in [0, 0.1) is 6.92 Å². The Labute approximate surface area is 76.4 Å². The second kappa shape index (κ2) is 3.39.